The summed E-state index contributed by atoms with van der Waals surface area (Å²) in [4.78, 5) is 16.7. The van der Waals surface area contributed by atoms with Crippen LogP contribution in [0.15, 0.2) is 53.7 Å². The van der Waals surface area contributed by atoms with Crippen LogP contribution in [0.3, 0.4) is 0 Å². The zero-order valence-corrected chi connectivity index (χ0v) is 18.7. The number of ether oxygens (including phenoxy) is 1. The third-order valence-electron chi connectivity index (χ3n) is 6.09. The molecule has 7 heteroatoms. The van der Waals surface area contributed by atoms with E-state index in [1.807, 2.05) is 18.3 Å². The van der Waals surface area contributed by atoms with Gasteiger partial charge < -0.3 is 24.8 Å². The highest BCUT2D eigenvalue weighted by molar-refractivity contribution is 5.80. The second kappa shape index (κ2) is 10.4. The smallest absolute Gasteiger partial charge is 0.194 e. The largest absolute Gasteiger partial charge is 0.497 e. The molecule has 1 N–H and O–H groups in total. The average molecular weight is 423 g/mol. The number of rotatable bonds is 6. The number of nitrogens with zero attached hydrogens (tertiary/aromatic N) is 5. The molecule has 3 heterocycles. The van der Waals surface area contributed by atoms with Crippen LogP contribution in [0.2, 0.25) is 0 Å². The molecule has 0 amide bonds. The molecule has 1 atom stereocenters. The molecule has 0 saturated carbocycles. The predicted molar refractivity (Wildman–Crippen MR) is 127 cm³/mol. The van der Waals surface area contributed by atoms with Crippen LogP contribution in [-0.2, 0) is 0 Å². The van der Waals surface area contributed by atoms with Crippen molar-refractivity contribution in [2.75, 3.05) is 69.3 Å². The lowest BCUT2D eigenvalue weighted by Crippen LogP contribution is -2.52. The van der Waals surface area contributed by atoms with Gasteiger partial charge in [0.1, 0.15) is 11.6 Å². The summed E-state index contributed by atoms with van der Waals surface area (Å²) in [5.74, 6) is 3.60. The monoisotopic (exact) mass is 422 g/mol. The molecule has 1 unspecified atom stereocenters. The Hall–Kier alpha value is -2.96. The number of aliphatic imine (C=N–C) groups is 1. The molecule has 1 aromatic carbocycles. The van der Waals surface area contributed by atoms with Crippen molar-refractivity contribution in [3.05, 3.63) is 48.7 Å². The maximum absolute atomic E-state index is 5.38. The molecule has 1 aromatic heterocycles. The van der Waals surface area contributed by atoms with Crippen molar-refractivity contribution in [3.8, 4) is 5.75 Å². The Labute approximate surface area is 185 Å². The lowest BCUT2D eigenvalue weighted by atomic mass is 10.1. The summed E-state index contributed by atoms with van der Waals surface area (Å²) in [6, 6.07) is 14.5. The fourth-order valence-electron chi connectivity index (χ4n) is 4.35. The molecule has 2 saturated heterocycles. The molecule has 166 valence electrons. The van der Waals surface area contributed by atoms with Crippen LogP contribution in [0.25, 0.3) is 0 Å². The van der Waals surface area contributed by atoms with Crippen LogP contribution in [-0.4, -0.2) is 75.3 Å². The molecule has 7 nitrogen and oxygen atoms in total. The van der Waals surface area contributed by atoms with Crippen molar-refractivity contribution in [1.82, 2.24) is 15.2 Å². The Bertz CT molecular complexity index is 850. The lowest BCUT2D eigenvalue weighted by molar-refractivity contribution is 0.370. The van der Waals surface area contributed by atoms with Gasteiger partial charge in [-0.25, -0.2) is 4.98 Å². The van der Waals surface area contributed by atoms with Crippen LogP contribution >= 0.6 is 0 Å². The number of benzene rings is 1. The number of hydrogen-bond donors (Lipinski definition) is 1. The van der Waals surface area contributed by atoms with E-state index < -0.39 is 0 Å². The highest BCUT2D eigenvalue weighted by Crippen LogP contribution is 2.27. The first-order chi connectivity index (χ1) is 15.3. The summed E-state index contributed by atoms with van der Waals surface area (Å²) in [5, 5.41) is 3.50. The number of aromatic nitrogens is 1. The van der Waals surface area contributed by atoms with Crippen LogP contribution < -0.4 is 19.9 Å². The maximum Gasteiger partial charge on any atom is 0.194 e. The Balaban J connectivity index is 1.32. The van der Waals surface area contributed by atoms with Crippen LogP contribution in [0.4, 0.5) is 11.5 Å². The van der Waals surface area contributed by atoms with Gasteiger partial charge in [-0.2, -0.15) is 0 Å². The molecule has 0 radical (unpaired) electrons. The van der Waals surface area contributed by atoms with E-state index in [1.165, 1.54) is 12.1 Å². The number of anilines is 2. The van der Waals surface area contributed by atoms with Gasteiger partial charge >= 0.3 is 0 Å². The Morgan fingerprint density at radius 2 is 1.97 bits per heavy atom. The van der Waals surface area contributed by atoms with Crippen LogP contribution in [0.5, 0.6) is 5.75 Å². The summed E-state index contributed by atoms with van der Waals surface area (Å²) in [6.07, 6.45) is 3.04. The minimum absolute atomic E-state index is 0.578. The highest BCUT2D eigenvalue weighted by atomic mass is 16.5. The Morgan fingerprint density at radius 1 is 1.10 bits per heavy atom. The number of nitrogens with one attached hydrogen (secondary N) is 1. The van der Waals surface area contributed by atoms with Crippen LogP contribution in [0.1, 0.15) is 13.3 Å². The van der Waals surface area contributed by atoms with E-state index in [0.29, 0.717) is 5.92 Å². The molecule has 2 aromatic rings. The number of piperazine rings is 1. The van der Waals surface area contributed by atoms with Gasteiger partial charge in [0, 0.05) is 70.3 Å². The van der Waals surface area contributed by atoms with Crippen molar-refractivity contribution in [3.63, 3.8) is 0 Å². The van der Waals surface area contributed by atoms with E-state index in [4.69, 9.17) is 9.73 Å². The fourth-order valence-corrected chi connectivity index (χ4v) is 4.35. The number of methoxy groups -OCH3 is 1. The topological polar surface area (TPSA) is 56.2 Å². The van der Waals surface area contributed by atoms with Crippen LogP contribution in [0, 0.1) is 5.92 Å². The summed E-state index contributed by atoms with van der Waals surface area (Å²) < 4.78 is 5.38. The second-order valence-electron chi connectivity index (χ2n) is 8.16. The zero-order chi connectivity index (χ0) is 21.5. The third-order valence-corrected chi connectivity index (χ3v) is 6.09. The van der Waals surface area contributed by atoms with Crippen molar-refractivity contribution in [2.45, 2.75) is 13.3 Å². The molecule has 0 aliphatic carbocycles. The van der Waals surface area contributed by atoms with E-state index in [0.717, 1.165) is 69.9 Å². The molecule has 2 aliphatic heterocycles. The van der Waals surface area contributed by atoms with Gasteiger partial charge in [-0.05, 0) is 43.5 Å². The number of guanidine groups is 1. The van der Waals surface area contributed by atoms with E-state index >= 15 is 0 Å². The maximum atomic E-state index is 5.38. The number of pyridine rings is 1. The SMILES string of the molecule is CCNC(=NCC1CCN(c2cccc(OC)c2)C1)N1CCN(c2ccccn2)CC1. The quantitative estimate of drug-likeness (QED) is 0.571. The summed E-state index contributed by atoms with van der Waals surface area (Å²) in [6.45, 7) is 9.87. The molecule has 0 spiro atoms. The molecular weight excluding hydrogens is 388 g/mol. The van der Waals surface area contributed by atoms with Gasteiger partial charge in [0.05, 0.1) is 7.11 Å². The highest BCUT2D eigenvalue weighted by Gasteiger charge is 2.24. The fraction of sp³-hybridized carbons (Fsp3) is 0.500. The molecular formula is C24H34N6O. The van der Waals surface area contributed by atoms with Crippen molar-refractivity contribution >= 4 is 17.5 Å². The van der Waals surface area contributed by atoms with Crippen molar-refractivity contribution in [2.24, 2.45) is 10.9 Å². The van der Waals surface area contributed by atoms with Gasteiger partial charge in [-0.1, -0.05) is 12.1 Å². The molecule has 2 aliphatic rings. The van der Waals surface area contributed by atoms with E-state index in [9.17, 15) is 0 Å². The first kappa shape index (κ1) is 21.3. The molecule has 31 heavy (non-hydrogen) atoms. The van der Waals surface area contributed by atoms with Gasteiger partial charge in [0.15, 0.2) is 5.96 Å². The number of hydrogen-bond acceptors (Lipinski definition) is 5. The van der Waals surface area contributed by atoms with E-state index in [1.54, 1.807) is 7.11 Å². The van der Waals surface area contributed by atoms with E-state index in [-0.39, 0.29) is 0 Å². The third kappa shape index (κ3) is 5.40. The first-order valence-electron chi connectivity index (χ1n) is 11.3. The summed E-state index contributed by atoms with van der Waals surface area (Å²) in [5.41, 5.74) is 1.24. The predicted octanol–water partition coefficient (Wildman–Crippen LogP) is 2.70. The average Bonchev–Trinajstić information content (AvgIpc) is 3.32. The minimum Gasteiger partial charge on any atom is -0.497 e. The summed E-state index contributed by atoms with van der Waals surface area (Å²) in [7, 11) is 1.72. The Kier molecular flexibility index (Phi) is 7.12. The Morgan fingerprint density at radius 3 is 2.71 bits per heavy atom. The molecule has 0 bridgehead atoms. The minimum atomic E-state index is 0.578. The normalized spacial score (nSPS) is 19.6. The van der Waals surface area contributed by atoms with E-state index in [2.05, 4.69) is 62.3 Å². The lowest BCUT2D eigenvalue weighted by Gasteiger charge is -2.37. The first-order valence-corrected chi connectivity index (χ1v) is 11.3. The molecule has 4 rings (SSSR count). The van der Waals surface area contributed by atoms with Gasteiger partial charge in [0.2, 0.25) is 0 Å². The molecule has 2 fully saturated rings. The standard InChI is InChI=1S/C24H34N6O/c1-3-25-24(29-15-13-28(14-16-29)23-9-4-5-11-26-23)27-18-20-10-12-30(19-20)21-7-6-8-22(17-21)31-2/h4-9,11,17,20H,3,10,12-16,18-19H2,1-2H3,(H,25,27). The van der Waals surface area contributed by atoms with Crippen molar-refractivity contribution in [1.29, 1.82) is 0 Å². The summed E-state index contributed by atoms with van der Waals surface area (Å²) >= 11 is 0. The van der Waals surface area contributed by atoms with Crippen molar-refractivity contribution < 1.29 is 4.74 Å². The van der Waals surface area contributed by atoms with Gasteiger partial charge in [-0.3, -0.25) is 4.99 Å². The van der Waals surface area contributed by atoms with Gasteiger partial charge in [0.25, 0.3) is 0 Å². The van der Waals surface area contributed by atoms with Gasteiger partial charge in [-0.15, -0.1) is 0 Å². The second-order valence-corrected chi connectivity index (χ2v) is 8.16. The zero-order valence-electron chi connectivity index (χ0n) is 18.7.